The van der Waals surface area contributed by atoms with Gasteiger partial charge in [-0.15, -0.1) is 0 Å². The van der Waals surface area contributed by atoms with E-state index in [1.165, 1.54) is 5.56 Å². The molecule has 1 unspecified atom stereocenters. The molecule has 6 heteroatoms. The fraction of sp³-hybridized carbons (Fsp3) is 0.0833. The van der Waals surface area contributed by atoms with Crippen LogP contribution in [-0.2, 0) is 0 Å². The minimum atomic E-state index is -0.149. The van der Waals surface area contributed by atoms with Crippen LogP contribution in [0, 0.1) is 6.92 Å². The highest BCUT2D eigenvalue weighted by atomic mass is 15.3. The average molecular weight is 392 g/mol. The van der Waals surface area contributed by atoms with Gasteiger partial charge in [-0.1, -0.05) is 54.1 Å². The molecule has 0 amide bonds. The summed E-state index contributed by atoms with van der Waals surface area (Å²) in [6, 6.07) is 24.2. The van der Waals surface area contributed by atoms with Crippen molar-refractivity contribution in [1.82, 2.24) is 24.7 Å². The number of nitrogens with one attached hydrogen (secondary N) is 1. The third-order valence-corrected chi connectivity index (χ3v) is 5.01. The Morgan fingerprint density at radius 3 is 2.53 bits per heavy atom. The Morgan fingerprint density at radius 2 is 1.73 bits per heavy atom. The van der Waals surface area contributed by atoms with E-state index in [1.54, 1.807) is 12.5 Å². The molecule has 30 heavy (non-hydrogen) atoms. The van der Waals surface area contributed by atoms with Crippen LogP contribution in [0.2, 0.25) is 0 Å². The van der Waals surface area contributed by atoms with Gasteiger partial charge in [-0.2, -0.15) is 5.10 Å². The van der Waals surface area contributed by atoms with Crippen LogP contribution in [-0.4, -0.2) is 24.7 Å². The minimum Gasteiger partial charge on any atom is -0.357 e. The molecule has 0 saturated carbocycles. The van der Waals surface area contributed by atoms with E-state index in [9.17, 15) is 0 Å². The second-order valence-corrected chi connectivity index (χ2v) is 7.10. The van der Waals surface area contributed by atoms with Crippen molar-refractivity contribution < 1.29 is 0 Å². The Hall–Kier alpha value is -4.06. The van der Waals surface area contributed by atoms with E-state index < -0.39 is 0 Å². The Morgan fingerprint density at radius 1 is 0.867 bits per heavy atom. The molecule has 146 valence electrons. The normalized spacial score (nSPS) is 12.0. The molecule has 0 spiro atoms. The molecule has 0 fully saturated rings. The molecule has 2 aromatic carbocycles. The summed E-state index contributed by atoms with van der Waals surface area (Å²) in [6.07, 6.45) is 5.18. The maximum absolute atomic E-state index is 4.59. The quantitative estimate of drug-likeness (QED) is 0.469. The molecule has 0 aliphatic rings. The number of anilines is 1. The molecule has 0 radical (unpaired) electrons. The van der Waals surface area contributed by atoms with Crippen LogP contribution in [0.4, 0.5) is 5.82 Å². The molecule has 5 rings (SSSR count). The summed E-state index contributed by atoms with van der Waals surface area (Å²) in [5.41, 5.74) is 4.95. The minimum absolute atomic E-state index is 0.149. The van der Waals surface area contributed by atoms with Gasteiger partial charge in [0.1, 0.15) is 12.1 Å². The van der Waals surface area contributed by atoms with Gasteiger partial charge >= 0.3 is 0 Å². The second kappa shape index (κ2) is 7.75. The fourth-order valence-electron chi connectivity index (χ4n) is 3.58. The van der Waals surface area contributed by atoms with Crippen molar-refractivity contribution in [2.75, 3.05) is 5.32 Å². The lowest BCUT2D eigenvalue weighted by Gasteiger charge is -2.20. The van der Waals surface area contributed by atoms with Crippen molar-refractivity contribution in [3.63, 3.8) is 0 Å². The van der Waals surface area contributed by atoms with Crippen molar-refractivity contribution in [3.8, 4) is 5.69 Å². The van der Waals surface area contributed by atoms with E-state index in [0.717, 1.165) is 33.8 Å². The standard InChI is InChI=1S/C24H20N6/c1-17-8-7-9-18(14-17)22(21-12-5-6-13-25-21)29-23-20-15-28-30(24(20)27-16-26-23)19-10-3-2-4-11-19/h2-16,22H,1H3,(H,26,27,29). The first-order chi connectivity index (χ1) is 14.8. The molecular formula is C24H20N6. The van der Waals surface area contributed by atoms with Gasteiger partial charge in [0.15, 0.2) is 5.65 Å². The summed E-state index contributed by atoms with van der Waals surface area (Å²) in [6.45, 7) is 2.09. The highest BCUT2D eigenvalue weighted by Gasteiger charge is 2.19. The van der Waals surface area contributed by atoms with Crippen LogP contribution in [0.3, 0.4) is 0 Å². The Labute approximate surface area is 174 Å². The molecule has 1 N–H and O–H groups in total. The lowest BCUT2D eigenvalue weighted by atomic mass is 10.0. The van der Waals surface area contributed by atoms with Gasteiger partial charge in [-0.05, 0) is 36.8 Å². The number of hydrogen-bond acceptors (Lipinski definition) is 5. The maximum atomic E-state index is 4.59. The largest absolute Gasteiger partial charge is 0.357 e. The summed E-state index contributed by atoms with van der Waals surface area (Å²) < 4.78 is 1.82. The maximum Gasteiger partial charge on any atom is 0.168 e. The number of para-hydroxylation sites is 1. The number of benzene rings is 2. The van der Waals surface area contributed by atoms with Crippen molar-refractivity contribution in [3.05, 3.63) is 108 Å². The van der Waals surface area contributed by atoms with Crippen molar-refractivity contribution >= 4 is 16.9 Å². The first-order valence-electron chi connectivity index (χ1n) is 9.78. The van der Waals surface area contributed by atoms with E-state index in [1.807, 2.05) is 59.4 Å². The number of nitrogens with zero attached hydrogens (tertiary/aromatic N) is 5. The van der Waals surface area contributed by atoms with E-state index in [-0.39, 0.29) is 6.04 Å². The van der Waals surface area contributed by atoms with Crippen LogP contribution in [0.1, 0.15) is 22.9 Å². The molecule has 0 aliphatic carbocycles. The summed E-state index contributed by atoms with van der Waals surface area (Å²) in [5, 5.41) is 8.99. The highest BCUT2D eigenvalue weighted by Crippen LogP contribution is 2.29. The molecule has 3 heterocycles. The Balaban J connectivity index is 1.59. The van der Waals surface area contributed by atoms with E-state index in [2.05, 4.69) is 56.6 Å². The molecule has 3 aromatic heterocycles. The molecule has 0 saturated heterocycles. The van der Waals surface area contributed by atoms with Gasteiger partial charge in [0.05, 0.1) is 29.0 Å². The highest BCUT2D eigenvalue weighted by molar-refractivity contribution is 5.87. The number of pyridine rings is 1. The number of aryl methyl sites for hydroxylation is 1. The molecule has 6 nitrogen and oxygen atoms in total. The van der Waals surface area contributed by atoms with E-state index in [0.29, 0.717) is 0 Å². The number of rotatable bonds is 5. The predicted molar refractivity (Wildman–Crippen MR) is 118 cm³/mol. The van der Waals surface area contributed by atoms with Crippen LogP contribution in [0.25, 0.3) is 16.7 Å². The van der Waals surface area contributed by atoms with E-state index in [4.69, 9.17) is 0 Å². The van der Waals surface area contributed by atoms with Crippen molar-refractivity contribution in [1.29, 1.82) is 0 Å². The number of hydrogen-bond donors (Lipinski definition) is 1. The van der Waals surface area contributed by atoms with Crippen LogP contribution in [0.5, 0.6) is 0 Å². The topological polar surface area (TPSA) is 68.5 Å². The summed E-state index contributed by atoms with van der Waals surface area (Å²) in [7, 11) is 0. The predicted octanol–water partition coefficient (Wildman–Crippen LogP) is 4.72. The third kappa shape index (κ3) is 3.39. The molecular weight excluding hydrogens is 372 g/mol. The zero-order valence-corrected chi connectivity index (χ0v) is 16.5. The Bertz CT molecular complexity index is 1280. The SMILES string of the molecule is Cc1cccc(C(Nc2ncnc3c2cnn3-c2ccccc2)c2ccccn2)c1. The zero-order chi connectivity index (χ0) is 20.3. The monoisotopic (exact) mass is 392 g/mol. The van der Waals surface area contributed by atoms with Gasteiger partial charge in [-0.25, -0.2) is 14.6 Å². The first kappa shape index (κ1) is 18.0. The molecule has 5 aromatic rings. The smallest absolute Gasteiger partial charge is 0.168 e. The number of aromatic nitrogens is 5. The second-order valence-electron chi connectivity index (χ2n) is 7.10. The van der Waals surface area contributed by atoms with Gasteiger partial charge in [0.25, 0.3) is 0 Å². The van der Waals surface area contributed by atoms with Crippen LogP contribution >= 0.6 is 0 Å². The van der Waals surface area contributed by atoms with Gasteiger partial charge in [0.2, 0.25) is 0 Å². The van der Waals surface area contributed by atoms with Gasteiger partial charge in [0, 0.05) is 6.20 Å². The lowest BCUT2D eigenvalue weighted by Crippen LogP contribution is -2.15. The van der Waals surface area contributed by atoms with Crippen LogP contribution < -0.4 is 5.32 Å². The first-order valence-corrected chi connectivity index (χ1v) is 9.78. The summed E-state index contributed by atoms with van der Waals surface area (Å²) in [4.78, 5) is 13.6. The number of fused-ring (bicyclic) bond motifs is 1. The molecule has 0 bridgehead atoms. The molecule has 1 atom stereocenters. The lowest BCUT2D eigenvalue weighted by molar-refractivity contribution is 0.875. The average Bonchev–Trinajstić information content (AvgIpc) is 3.24. The van der Waals surface area contributed by atoms with Crippen LogP contribution in [0.15, 0.2) is 91.5 Å². The molecule has 0 aliphatic heterocycles. The Kier molecular flexibility index (Phi) is 4.65. The summed E-state index contributed by atoms with van der Waals surface area (Å²) >= 11 is 0. The third-order valence-electron chi connectivity index (χ3n) is 5.01. The van der Waals surface area contributed by atoms with Crippen molar-refractivity contribution in [2.24, 2.45) is 0 Å². The summed E-state index contributed by atoms with van der Waals surface area (Å²) in [5.74, 6) is 0.722. The van der Waals surface area contributed by atoms with Gasteiger partial charge in [-0.3, -0.25) is 4.98 Å². The fourth-order valence-corrected chi connectivity index (χ4v) is 3.58. The van der Waals surface area contributed by atoms with Crippen molar-refractivity contribution in [2.45, 2.75) is 13.0 Å². The zero-order valence-electron chi connectivity index (χ0n) is 16.5. The van der Waals surface area contributed by atoms with E-state index >= 15 is 0 Å². The van der Waals surface area contributed by atoms with Gasteiger partial charge < -0.3 is 5.32 Å².